The van der Waals surface area contributed by atoms with Crippen LogP contribution in [-0.2, 0) is 0 Å². The fraction of sp³-hybridized carbons (Fsp3) is 0. The number of benzene rings is 1. The zero-order chi connectivity index (χ0) is 11.2. The van der Waals surface area contributed by atoms with Gasteiger partial charge in [-0.2, -0.15) is 0 Å². The molecule has 1 aromatic carbocycles. The van der Waals surface area contributed by atoms with Crippen LogP contribution in [0.25, 0.3) is 0 Å². The molecular weight excluding hydrogens is 200 g/mol. The molecule has 16 heavy (non-hydrogen) atoms. The largest absolute Gasteiger partial charge is 0.298 e. The maximum Gasteiger partial charge on any atom is 0.151 e. The van der Waals surface area contributed by atoms with E-state index in [0.717, 1.165) is 11.8 Å². The number of hydrogen-bond acceptors (Lipinski definition) is 3. The van der Waals surface area contributed by atoms with Crippen molar-refractivity contribution in [3.05, 3.63) is 59.8 Å². The summed E-state index contributed by atoms with van der Waals surface area (Å²) in [5.41, 5.74) is 1.42. The molecule has 0 spiro atoms. The molecule has 0 N–H and O–H groups in total. The molecule has 2 rings (SSSR count). The van der Waals surface area contributed by atoms with Crippen LogP contribution in [0.1, 0.15) is 15.9 Å². The molecule has 0 fully saturated rings. The van der Waals surface area contributed by atoms with Crippen molar-refractivity contribution in [2.24, 2.45) is 4.99 Å². The van der Waals surface area contributed by atoms with E-state index in [1.807, 2.05) is 30.3 Å². The minimum Gasteiger partial charge on any atom is -0.298 e. The molecule has 0 bridgehead atoms. The quantitative estimate of drug-likeness (QED) is 0.577. The van der Waals surface area contributed by atoms with Gasteiger partial charge in [-0.1, -0.05) is 30.3 Å². The third kappa shape index (κ3) is 2.39. The summed E-state index contributed by atoms with van der Waals surface area (Å²) in [6, 6.07) is 12.8. The second kappa shape index (κ2) is 4.98. The number of carbonyl (C=O) groups excluding carboxylic acids is 1. The molecule has 3 nitrogen and oxygen atoms in total. The minimum absolute atomic E-state index is 0.627. The molecule has 0 radical (unpaired) electrons. The maximum absolute atomic E-state index is 10.8. The van der Waals surface area contributed by atoms with E-state index in [-0.39, 0.29) is 0 Å². The van der Waals surface area contributed by atoms with Crippen molar-refractivity contribution in [1.82, 2.24) is 4.98 Å². The monoisotopic (exact) mass is 210 g/mol. The molecule has 0 atom stereocenters. The molecule has 2 aromatic rings. The molecule has 0 saturated heterocycles. The zero-order valence-electron chi connectivity index (χ0n) is 8.58. The van der Waals surface area contributed by atoms with Crippen LogP contribution in [-0.4, -0.2) is 17.5 Å². The van der Waals surface area contributed by atoms with Crippen LogP contribution >= 0.6 is 0 Å². The highest BCUT2D eigenvalue weighted by Gasteiger charge is 1.96. The molecule has 78 valence electrons. The molecule has 1 heterocycles. The summed E-state index contributed by atoms with van der Waals surface area (Å²) in [5, 5.41) is 0. The van der Waals surface area contributed by atoms with Gasteiger partial charge in [-0.3, -0.25) is 4.79 Å². The average molecular weight is 210 g/mol. The zero-order valence-corrected chi connectivity index (χ0v) is 8.58. The van der Waals surface area contributed by atoms with E-state index in [4.69, 9.17) is 0 Å². The lowest BCUT2D eigenvalue weighted by Crippen LogP contribution is -1.89. The summed E-state index contributed by atoms with van der Waals surface area (Å²) in [6.07, 6.45) is 4.14. The van der Waals surface area contributed by atoms with Gasteiger partial charge in [-0.25, -0.2) is 9.98 Å². The molecule has 0 aliphatic heterocycles. The highest BCUT2D eigenvalue weighted by molar-refractivity contribution is 5.93. The van der Waals surface area contributed by atoms with E-state index in [1.165, 1.54) is 0 Å². The van der Waals surface area contributed by atoms with Gasteiger partial charge in [0.1, 0.15) is 0 Å². The van der Waals surface area contributed by atoms with Crippen LogP contribution in [0, 0.1) is 0 Å². The van der Waals surface area contributed by atoms with Crippen molar-refractivity contribution < 1.29 is 4.79 Å². The number of nitrogens with zero attached hydrogens (tertiary/aromatic N) is 2. The Labute approximate surface area is 93.5 Å². The van der Waals surface area contributed by atoms with E-state index in [2.05, 4.69) is 9.98 Å². The van der Waals surface area contributed by atoms with E-state index < -0.39 is 0 Å². The van der Waals surface area contributed by atoms with E-state index >= 15 is 0 Å². The van der Waals surface area contributed by atoms with Gasteiger partial charge in [-0.05, 0) is 12.1 Å². The molecule has 0 aliphatic rings. The van der Waals surface area contributed by atoms with Crippen LogP contribution in [0.15, 0.2) is 53.7 Å². The fourth-order valence-corrected chi connectivity index (χ4v) is 1.30. The topological polar surface area (TPSA) is 42.3 Å². The summed E-state index contributed by atoms with van der Waals surface area (Å²) >= 11 is 0. The second-order valence-electron chi connectivity index (χ2n) is 3.19. The van der Waals surface area contributed by atoms with Crippen LogP contribution < -0.4 is 0 Å². The van der Waals surface area contributed by atoms with Crippen LogP contribution in [0.3, 0.4) is 0 Å². The molecule has 0 aliphatic carbocycles. The molecule has 3 heteroatoms. The number of pyridine rings is 1. The van der Waals surface area contributed by atoms with Crippen LogP contribution in [0.5, 0.6) is 0 Å². The molecular formula is C13H10N2O. The lowest BCUT2D eigenvalue weighted by atomic mass is 10.1. The van der Waals surface area contributed by atoms with Gasteiger partial charge in [0.15, 0.2) is 12.1 Å². The first-order valence-corrected chi connectivity index (χ1v) is 4.89. The predicted octanol–water partition coefficient (Wildman–Crippen LogP) is 2.64. The number of hydrogen-bond donors (Lipinski definition) is 0. The Hall–Kier alpha value is -2.29. The Morgan fingerprint density at radius 2 is 1.75 bits per heavy atom. The summed E-state index contributed by atoms with van der Waals surface area (Å²) in [5.74, 6) is 0.628. The summed E-state index contributed by atoms with van der Waals surface area (Å²) in [6.45, 7) is 0. The predicted molar refractivity (Wildman–Crippen MR) is 63.3 cm³/mol. The van der Waals surface area contributed by atoms with Crippen molar-refractivity contribution in [2.75, 3.05) is 0 Å². The summed E-state index contributed by atoms with van der Waals surface area (Å²) in [7, 11) is 0. The van der Waals surface area contributed by atoms with Crippen LogP contribution in [0.2, 0.25) is 0 Å². The maximum atomic E-state index is 10.8. The van der Waals surface area contributed by atoms with Gasteiger partial charge < -0.3 is 0 Å². The highest BCUT2D eigenvalue weighted by Crippen LogP contribution is 2.07. The molecule has 0 unspecified atom stereocenters. The van der Waals surface area contributed by atoms with Crippen LogP contribution in [0.4, 0.5) is 5.82 Å². The Kier molecular flexibility index (Phi) is 3.18. The van der Waals surface area contributed by atoms with Crippen molar-refractivity contribution in [3.8, 4) is 0 Å². The molecule has 0 saturated carbocycles. The normalized spacial score (nSPS) is 10.5. The molecule has 0 amide bonds. The average Bonchev–Trinajstić information content (AvgIpc) is 2.38. The minimum atomic E-state index is 0.627. The van der Waals surface area contributed by atoms with Gasteiger partial charge >= 0.3 is 0 Å². The fourth-order valence-electron chi connectivity index (χ4n) is 1.30. The lowest BCUT2D eigenvalue weighted by molar-refractivity contribution is 0.112. The first-order chi connectivity index (χ1) is 7.90. The number of aldehydes is 1. The van der Waals surface area contributed by atoms with Crippen molar-refractivity contribution in [1.29, 1.82) is 0 Å². The number of aromatic nitrogens is 1. The Balaban J connectivity index is 2.27. The summed E-state index contributed by atoms with van der Waals surface area (Å²) in [4.78, 5) is 19.0. The first-order valence-electron chi connectivity index (χ1n) is 4.89. The Bertz CT molecular complexity index is 506. The van der Waals surface area contributed by atoms with Crippen molar-refractivity contribution in [2.45, 2.75) is 0 Å². The lowest BCUT2D eigenvalue weighted by Gasteiger charge is -1.96. The third-order valence-electron chi connectivity index (χ3n) is 2.11. The SMILES string of the molecule is O=Cc1ccccc1C=Nc1ccccn1. The first kappa shape index (κ1) is 10.2. The van der Waals surface area contributed by atoms with Crippen molar-refractivity contribution >= 4 is 18.3 Å². The van der Waals surface area contributed by atoms with Gasteiger partial charge in [0.25, 0.3) is 0 Å². The van der Waals surface area contributed by atoms with Gasteiger partial charge in [0.05, 0.1) is 0 Å². The van der Waals surface area contributed by atoms with Gasteiger partial charge in [0.2, 0.25) is 0 Å². The molecule has 1 aromatic heterocycles. The van der Waals surface area contributed by atoms with E-state index in [9.17, 15) is 4.79 Å². The number of carbonyl (C=O) groups is 1. The van der Waals surface area contributed by atoms with Crippen molar-refractivity contribution in [3.63, 3.8) is 0 Å². The summed E-state index contributed by atoms with van der Waals surface area (Å²) < 4.78 is 0. The van der Waals surface area contributed by atoms with Gasteiger partial charge in [-0.15, -0.1) is 0 Å². The third-order valence-corrected chi connectivity index (χ3v) is 2.11. The highest BCUT2D eigenvalue weighted by atomic mass is 16.1. The standard InChI is InChI=1S/C13H10N2O/c16-10-12-6-2-1-5-11(12)9-15-13-7-3-4-8-14-13/h1-10H. The van der Waals surface area contributed by atoms with E-state index in [1.54, 1.807) is 24.5 Å². The Morgan fingerprint density at radius 1 is 1.00 bits per heavy atom. The van der Waals surface area contributed by atoms with E-state index in [0.29, 0.717) is 11.4 Å². The smallest absolute Gasteiger partial charge is 0.151 e. The van der Waals surface area contributed by atoms with Gasteiger partial charge in [0, 0.05) is 23.5 Å². The number of rotatable bonds is 3. The Morgan fingerprint density at radius 3 is 2.44 bits per heavy atom. The second-order valence-corrected chi connectivity index (χ2v) is 3.19. The number of aliphatic imine (C=N–C) groups is 1.